The number of unbranched alkanes of at least 4 members (excludes halogenated alkanes) is 13. The molecule has 0 aromatic carbocycles. The molecule has 0 saturated carbocycles. The molecule has 0 heterocycles. The number of carboxylic acid groups (broad SMARTS) is 1. The van der Waals surface area contributed by atoms with Gasteiger partial charge in [-0.2, -0.15) is 0 Å². The van der Waals surface area contributed by atoms with Gasteiger partial charge in [0, 0.05) is 0 Å². The topological polar surface area (TPSA) is 57.5 Å². The minimum atomic E-state index is -1.16. The zero-order chi connectivity index (χ0) is 15.8. The quantitative estimate of drug-likeness (QED) is 0.277. The Morgan fingerprint density at radius 1 is 0.727 bits per heavy atom. The summed E-state index contributed by atoms with van der Waals surface area (Å²) in [5.41, 5.74) is 0. The summed E-state index contributed by atoms with van der Waals surface area (Å²) < 4.78 is 0. The molecule has 0 bridgehead atoms. The van der Waals surface area contributed by atoms with Crippen molar-refractivity contribution in [2.24, 2.45) is 0 Å². The van der Waals surface area contributed by atoms with Crippen molar-refractivity contribution in [3.63, 3.8) is 0 Å². The van der Waals surface area contributed by atoms with E-state index in [-0.39, 0.29) is 48.9 Å². The third-order valence-electron chi connectivity index (χ3n) is 4.12. The van der Waals surface area contributed by atoms with E-state index in [1.165, 1.54) is 77.0 Å². The van der Waals surface area contributed by atoms with Crippen LogP contribution < -0.4 is 0 Å². The summed E-state index contributed by atoms with van der Waals surface area (Å²) in [4.78, 5) is 10.4. The van der Waals surface area contributed by atoms with E-state index in [1.807, 2.05) is 0 Å². The normalized spacial score (nSPS) is 11.9. The van der Waals surface area contributed by atoms with Crippen molar-refractivity contribution in [1.82, 2.24) is 0 Å². The van der Waals surface area contributed by atoms with Crippen LogP contribution in [-0.2, 0) is 4.79 Å². The fourth-order valence-corrected chi connectivity index (χ4v) is 2.66. The molecule has 0 aromatic heterocycles. The number of aliphatic hydroxyl groups is 1. The average molecular weight is 440 g/mol. The van der Waals surface area contributed by atoms with Gasteiger partial charge in [0.2, 0.25) is 0 Å². The Hall–Kier alpha value is 1.00. The molecule has 3 nitrogen and oxygen atoms in total. The fourth-order valence-electron chi connectivity index (χ4n) is 2.66. The molecule has 0 rings (SSSR count). The molecule has 22 heavy (non-hydrogen) atoms. The summed E-state index contributed by atoms with van der Waals surface area (Å²) in [7, 11) is 0. The number of hydrogen-bond donors (Lipinski definition) is 2. The molecule has 130 valence electrons. The van der Waals surface area contributed by atoms with Crippen LogP contribution in [0.15, 0.2) is 0 Å². The van der Waals surface area contributed by atoms with E-state index in [9.17, 15) is 4.79 Å². The van der Waals surface area contributed by atoms with Gasteiger partial charge in [0.05, 0.1) is 0 Å². The molecule has 0 radical (unpaired) electrons. The molecular weight excluding hydrogens is 402 g/mol. The Balaban J connectivity index is 0. The van der Waals surface area contributed by atoms with Crippen LogP contribution in [0.4, 0.5) is 0 Å². The molecule has 0 fully saturated rings. The van der Waals surface area contributed by atoms with Crippen LogP contribution in [0.25, 0.3) is 0 Å². The predicted molar refractivity (Wildman–Crippen MR) is 97.1 cm³/mol. The van der Waals surface area contributed by atoms with Crippen LogP contribution in [0.1, 0.15) is 103 Å². The first-order valence-electron chi connectivity index (χ1n) is 9.09. The Kier molecular flexibility index (Phi) is 23.0. The van der Waals surface area contributed by atoms with Crippen molar-refractivity contribution in [1.29, 1.82) is 0 Å². The molecule has 0 saturated heterocycles. The van der Waals surface area contributed by atoms with Crippen molar-refractivity contribution < 1.29 is 15.0 Å². The maximum atomic E-state index is 10.4. The fraction of sp³-hybridized carbons (Fsp3) is 0.944. The van der Waals surface area contributed by atoms with Crippen molar-refractivity contribution in [2.75, 3.05) is 0 Å². The molecule has 0 amide bonds. The number of aliphatic carboxylic acids is 1. The van der Waals surface area contributed by atoms with Gasteiger partial charge in [-0.1, -0.05) is 96.8 Å². The zero-order valence-electron chi connectivity index (χ0n) is 14.0. The second kappa shape index (κ2) is 20.0. The summed E-state index contributed by atoms with van der Waals surface area (Å²) >= 11 is 0. The van der Waals surface area contributed by atoms with Crippen LogP contribution in [0.5, 0.6) is 0 Å². The Morgan fingerprint density at radius 3 is 1.36 bits per heavy atom. The van der Waals surface area contributed by atoms with Gasteiger partial charge in [0.25, 0.3) is 0 Å². The van der Waals surface area contributed by atoms with Crippen molar-refractivity contribution in [3.05, 3.63) is 0 Å². The predicted octanol–water partition coefficient (Wildman–Crippen LogP) is 4.39. The van der Waals surface area contributed by atoms with E-state index in [0.29, 0.717) is 6.42 Å². The minimum absolute atomic E-state index is 0. The average Bonchev–Trinajstić information content (AvgIpc) is 2.47. The Bertz CT molecular complexity index is 234. The van der Waals surface area contributed by atoms with Crippen LogP contribution in [0.3, 0.4) is 0 Å². The number of rotatable bonds is 16. The van der Waals surface area contributed by atoms with E-state index >= 15 is 0 Å². The molecule has 1 unspecified atom stereocenters. The number of carbonyl (C=O) groups is 1. The van der Waals surface area contributed by atoms with Gasteiger partial charge < -0.3 is 10.2 Å². The van der Waals surface area contributed by atoms with E-state index in [2.05, 4.69) is 6.92 Å². The molecule has 1 atom stereocenters. The third-order valence-corrected chi connectivity index (χ3v) is 4.12. The summed E-state index contributed by atoms with van der Waals surface area (Å²) in [6.07, 6.45) is 17.3. The zero-order valence-corrected chi connectivity index (χ0v) is 14.0. The van der Waals surface area contributed by atoms with Crippen LogP contribution in [0, 0.1) is 0 Å². The van der Waals surface area contributed by atoms with Gasteiger partial charge in [0.15, 0.2) is 6.10 Å². The van der Waals surface area contributed by atoms with Crippen molar-refractivity contribution >= 4 is 54.9 Å². The van der Waals surface area contributed by atoms with Crippen LogP contribution >= 0.6 is 0 Å². The van der Waals surface area contributed by atoms with Gasteiger partial charge >= 0.3 is 54.9 Å². The third kappa shape index (κ3) is 19.0. The summed E-state index contributed by atoms with van der Waals surface area (Å²) in [6.45, 7) is 2.26. The first kappa shape index (κ1) is 25.2. The van der Waals surface area contributed by atoms with E-state index in [0.717, 1.165) is 12.8 Å². The summed E-state index contributed by atoms with van der Waals surface area (Å²) in [5.74, 6) is -1.09. The van der Waals surface area contributed by atoms with Gasteiger partial charge in [-0.05, 0) is 6.42 Å². The Labute approximate surface area is 177 Å². The second-order valence-corrected chi connectivity index (χ2v) is 6.24. The van der Waals surface area contributed by atoms with Gasteiger partial charge in [-0.3, -0.25) is 0 Å². The molecule has 0 aliphatic heterocycles. The molecular formula is C18H38BaO3. The Morgan fingerprint density at radius 2 is 1.05 bits per heavy atom. The SMILES string of the molecule is CCCCCCCCCCCCCCCCC(O)C(=O)O.[BaH2]. The number of aliphatic hydroxyl groups excluding tert-OH is 1. The van der Waals surface area contributed by atoms with E-state index in [4.69, 9.17) is 10.2 Å². The molecule has 2 N–H and O–H groups in total. The first-order valence-corrected chi connectivity index (χ1v) is 9.09. The number of carboxylic acids is 1. The van der Waals surface area contributed by atoms with Gasteiger partial charge in [-0.15, -0.1) is 0 Å². The van der Waals surface area contributed by atoms with Gasteiger partial charge in [-0.25, -0.2) is 4.79 Å². The molecule has 0 spiro atoms. The van der Waals surface area contributed by atoms with Crippen molar-refractivity contribution in [3.8, 4) is 0 Å². The standard InChI is InChI=1S/C18H36O3.Ba.2H/c1-2-3-4-5-6-7-8-9-10-11-12-13-14-15-16-17(19)18(20)21;;;/h17,19H,2-16H2,1H3,(H,20,21);;;. The van der Waals surface area contributed by atoms with E-state index in [1.54, 1.807) is 0 Å². The summed E-state index contributed by atoms with van der Waals surface area (Å²) in [5, 5.41) is 17.7. The summed E-state index contributed by atoms with van der Waals surface area (Å²) in [6, 6.07) is 0. The molecule has 0 aliphatic rings. The molecule has 4 heteroatoms. The van der Waals surface area contributed by atoms with E-state index < -0.39 is 12.1 Å². The monoisotopic (exact) mass is 440 g/mol. The molecule has 0 aliphatic carbocycles. The van der Waals surface area contributed by atoms with Crippen LogP contribution in [-0.4, -0.2) is 71.2 Å². The first-order chi connectivity index (χ1) is 10.2. The maximum absolute atomic E-state index is 10.4. The molecule has 0 aromatic rings. The van der Waals surface area contributed by atoms with Crippen molar-refractivity contribution in [2.45, 2.75) is 109 Å². The second-order valence-electron chi connectivity index (χ2n) is 6.24. The number of hydrogen-bond acceptors (Lipinski definition) is 2. The van der Waals surface area contributed by atoms with Crippen LogP contribution in [0.2, 0.25) is 0 Å². The van der Waals surface area contributed by atoms with Gasteiger partial charge in [0.1, 0.15) is 0 Å².